The van der Waals surface area contributed by atoms with Crippen molar-refractivity contribution in [1.82, 2.24) is 5.32 Å². The van der Waals surface area contributed by atoms with Crippen LogP contribution in [-0.2, 0) is 25.7 Å². The number of anilines is 1. The Kier molecular flexibility index (Phi) is 4.63. The van der Waals surface area contributed by atoms with Crippen LogP contribution in [0.3, 0.4) is 0 Å². The van der Waals surface area contributed by atoms with Crippen molar-refractivity contribution in [1.29, 1.82) is 0 Å². The van der Waals surface area contributed by atoms with Gasteiger partial charge in [0.25, 0.3) is 0 Å². The number of ether oxygens (including phenoxy) is 2. The average molecular weight is 418 g/mol. The van der Waals surface area contributed by atoms with Gasteiger partial charge in [-0.05, 0) is 24.6 Å². The van der Waals surface area contributed by atoms with Crippen LogP contribution in [0.25, 0.3) is 0 Å². The lowest BCUT2D eigenvalue weighted by Crippen LogP contribution is -2.49. The fraction of sp³-hybridized carbons (Fsp3) is 0.292. The van der Waals surface area contributed by atoms with Gasteiger partial charge in [0.2, 0.25) is 11.8 Å². The summed E-state index contributed by atoms with van der Waals surface area (Å²) in [5.41, 5.74) is 1.43. The van der Waals surface area contributed by atoms with Crippen LogP contribution in [0.1, 0.15) is 11.1 Å². The first-order valence-electron chi connectivity index (χ1n) is 10.2. The molecule has 3 aliphatic heterocycles. The molecular formula is C24H22N2O5. The van der Waals surface area contributed by atoms with Gasteiger partial charge < -0.3 is 14.8 Å². The Morgan fingerprint density at radius 1 is 1.10 bits per heavy atom. The third kappa shape index (κ3) is 3.21. The van der Waals surface area contributed by atoms with E-state index in [-0.39, 0.29) is 25.0 Å². The molecule has 3 heterocycles. The highest BCUT2D eigenvalue weighted by Gasteiger charge is 2.67. The molecule has 2 aromatic carbocycles. The minimum Gasteiger partial charge on any atom is -0.445 e. The smallest absolute Gasteiger partial charge is 0.407 e. The molecule has 3 amide bonds. The molecule has 0 spiro atoms. The molecule has 7 heteroatoms. The van der Waals surface area contributed by atoms with Crippen molar-refractivity contribution < 1.29 is 23.9 Å². The second kappa shape index (κ2) is 7.35. The summed E-state index contributed by atoms with van der Waals surface area (Å²) in [4.78, 5) is 39.8. The van der Waals surface area contributed by atoms with E-state index >= 15 is 0 Å². The standard InChI is InChI=1S/C24H22N2O5/c1-15-7-9-17(10-8-15)26-21(27)19-18-11-12-24(31-18,20(19)22(26)28)14-25-23(29)30-13-16-5-3-2-4-6-16/h2-12,18-20H,13-14H2,1H3,(H,25,29)/t18-,19-,20+,24+/m0/s1. The van der Waals surface area contributed by atoms with Crippen molar-refractivity contribution in [2.24, 2.45) is 11.8 Å². The molecule has 2 fully saturated rings. The van der Waals surface area contributed by atoms with Crippen molar-refractivity contribution in [3.63, 3.8) is 0 Å². The van der Waals surface area contributed by atoms with Crippen LogP contribution in [0.15, 0.2) is 66.7 Å². The van der Waals surface area contributed by atoms with Gasteiger partial charge in [-0.15, -0.1) is 0 Å². The fourth-order valence-corrected chi connectivity index (χ4v) is 4.64. The lowest BCUT2D eigenvalue weighted by molar-refractivity contribution is -0.126. The summed E-state index contributed by atoms with van der Waals surface area (Å²) in [6.45, 7) is 2.14. The van der Waals surface area contributed by atoms with Crippen molar-refractivity contribution in [3.8, 4) is 0 Å². The maximum Gasteiger partial charge on any atom is 0.407 e. The predicted octanol–water partition coefficient (Wildman–Crippen LogP) is 2.73. The maximum absolute atomic E-state index is 13.3. The monoisotopic (exact) mass is 418 g/mol. The number of amides is 3. The molecule has 158 valence electrons. The Hall–Kier alpha value is -3.45. The first-order valence-corrected chi connectivity index (χ1v) is 10.2. The van der Waals surface area contributed by atoms with Crippen LogP contribution in [0.5, 0.6) is 0 Å². The normalized spacial score (nSPS) is 28.2. The molecule has 1 N–H and O–H groups in total. The van der Waals surface area contributed by atoms with Gasteiger partial charge in [-0.1, -0.05) is 60.2 Å². The van der Waals surface area contributed by atoms with Crippen LogP contribution in [0.2, 0.25) is 0 Å². The van der Waals surface area contributed by atoms with Crippen molar-refractivity contribution in [3.05, 3.63) is 77.9 Å². The minimum atomic E-state index is -1.05. The molecule has 0 saturated carbocycles. The molecule has 4 atom stereocenters. The zero-order valence-electron chi connectivity index (χ0n) is 17.0. The van der Waals surface area contributed by atoms with E-state index in [1.165, 1.54) is 4.90 Å². The number of carbonyl (C=O) groups is 3. The molecule has 0 aromatic heterocycles. The minimum absolute atomic E-state index is 0.0511. The van der Waals surface area contributed by atoms with Crippen LogP contribution >= 0.6 is 0 Å². The maximum atomic E-state index is 13.3. The first-order chi connectivity index (χ1) is 15.0. The SMILES string of the molecule is Cc1ccc(N2C(=O)[C@H]3[C@@H]4C=C[C@](CNC(=O)OCc5ccccc5)(O4)[C@H]3C2=O)cc1. The molecular weight excluding hydrogens is 396 g/mol. The van der Waals surface area contributed by atoms with Crippen molar-refractivity contribution in [2.45, 2.75) is 25.2 Å². The predicted molar refractivity (Wildman–Crippen MR) is 112 cm³/mol. The summed E-state index contributed by atoms with van der Waals surface area (Å²) >= 11 is 0. The van der Waals surface area contributed by atoms with Gasteiger partial charge in [-0.25, -0.2) is 9.69 Å². The number of nitrogens with zero attached hydrogens (tertiary/aromatic N) is 1. The fourth-order valence-electron chi connectivity index (χ4n) is 4.64. The molecule has 2 aromatic rings. The van der Waals surface area contributed by atoms with E-state index in [1.54, 1.807) is 18.2 Å². The van der Waals surface area contributed by atoms with E-state index in [2.05, 4.69) is 5.32 Å². The van der Waals surface area contributed by atoms with Crippen molar-refractivity contribution >= 4 is 23.6 Å². The number of fused-ring (bicyclic) bond motifs is 5. The number of imide groups is 1. The number of aryl methyl sites for hydroxylation is 1. The van der Waals surface area contributed by atoms with E-state index in [4.69, 9.17) is 9.47 Å². The van der Waals surface area contributed by atoms with Crippen molar-refractivity contribution in [2.75, 3.05) is 11.4 Å². The van der Waals surface area contributed by atoms with Crippen LogP contribution < -0.4 is 10.2 Å². The quantitative estimate of drug-likeness (QED) is 0.596. The van der Waals surface area contributed by atoms with Gasteiger partial charge in [0, 0.05) is 0 Å². The molecule has 5 rings (SSSR count). The molecule has 2 bridgehead atoms. The molecule has 0 aliphatic carbocycles. The number of rotatable bonds is 5. The number of alkyl carbamates (subject to hydrolysis) is 1. The van der Waals surface area contributed by atoms with E-state index in [1.807, 2.05) is 55.5 Å². The zero-order chi connectivity index (χ0) is 21.6. The van der Waals surface area contributed by atoms with Gasteiger partial charge in [-0.3, -0.25) is 9.59 Å². The Labute approximate surface area is 179 Å². The number of carbonyl (C=O) groups excluding carboxylic acids is 3. The summed E-state index contributed by atoms with van der Waals surface area (Å²) in [5, 5.41) is 2.70. The third-order valence-corrected chi connectivity index (χ3v) is 6.17. The average Bonchev–Trinajstić information content (AvgIpc) is 3.43. The third-order valence-electron chi connectivity index (χ3n) is 6.17. The van der Waals surface area contributed by atoms with E-state index in [0.717, 1.165) is 11.1 Å². The molecule has 2 saturated heterocycles. The lowest BCUT2D eigenvalue weighted by Gasteiger charge is -2.28. The summed E-state index contributed by atoms with van der Waals surface area (Å²) in [6, 6.07) is 16.6. The molecule has 31 heavy (non-hydrogen) atoms. The molecule has 3 aliphatic rings. The summed E-state index contributed by atoms with van der Waals surface area (Å²) < 4.78 is 11.3. The highest BCUT2D eigenvalue weighted by Crippen LogP contribution is 2.52. The summed E-state index contributed by atoms with van der Waals surface area (Å²) in [6.07, 6.45) is 2.52. The largest absolute Gasteiger partial charge is 0.445 e. The number of benzene rings is 2. The van der Waals surface area contributed by atoms with Gasteiger partial charge in [-0.2, -0.15) is 0 Å². The van der Waals surface area contributed by atoms with E-state index in [0.29, 0.717) is 5.69 Å². The summed E-state index contributed by atoms with van der Waals surface area (Å²) in [7, 11) is 0. The highest BCUT2D eigenvalue weighted by atomic mass is 16.6. The lowest BCUT2D eigenvalue weighted by atomic mass is 9.77. The topological polar surface area (TPSA) is 84.9 Å². The Morgan fingerprint density at radius 2 is 1.84 bits per heavy atom. The van der Waals surface area contributed by atoms with Crippen LogP contribution in [-0.4, -0.2) is 36.2 Å². The Morgan fingerprint density at radius 3 is 2.58 bits per heavy atom. The first kappa shape index (κ1) is 19.5. The zero-order valence-corrected chi connectivity index (χ0v) is 17.0. The van der Waals surface area contributed by atoms with Gasteiger partial charge >= 0.3 is 6.09 Å². The number of hydrogen-bond acceptors (Lipinski definition) is 5. The second-order valence-corrected chi connectivity index (χ2v) is 8.16. The van der Waals surface area contributed by atoms with Crippen LogP contribution in [0, 0.1) is 18.8 Å². The Bertz CT molecular complexity index is 1070. The van der Waals surface area contributed by atoms with Gasteiger partial charge in [0.1, 0.15) is 12.2 Å². The van der Waals surface area contributed by atoms with E-state index in [9.17, 15) is 14.4 Å². The molecule has 0 radical (unpaired) electrons. The van der Waals surface area contributed by atoms with Gasteiger partial charge in [0.05, 0.1) is 30.2 Å². The van der Waals surface area contributed by atoms with Gasteiger partial charge in [0.15, 0.2) is 0 Å². The number of hydrogen-bond donors (Lipinski definition) is 1. The second-order valence-electron chi connectivity index (χ2n) is 8.16. The number of nitrogens with one attached hydrogen (secondary N) is 1. The van der Waals surface area contributed by atoms with E-state index < -0.39 is 29.6 Å². The molecule has 7 nitrogen and oxygen atoms in total. The van der Waals surface area contributed by atoms with Crippen LogP contribution in [0.4, 0.5) is 10.5 Å². The summed E-state index contributed by atoms with van der Waals surface area (Å²) in [5.74, 6) is -1.82. The highest BCUT2D eigenvalue weighted by molar-refractivity contribution is 6.23. The molecule has 0 unspecified atom stereocenters. The Balaban J connectivity index is 1.29.